The van der Waals surface area contributed by atoms with E-state index < -0.39 is 0 Å². The maximum absolute atomic E-state index is 12.9. The molecule has 0 bridgehead atoms. The number of carbonyl (C=O) groups excluding carboxylic acids is 1. The molecule has 1 aliphatic rings. The van der Waals surface area contributed by atoms with Crippen molar-refractivity contribution in [1.29, 1.82) is 0 Å². The highest BCUT2D eigenvalue weighted by molar-refractivity contribution is 5.78. The third kappa shape index (κ3) is 3.23. The molecule has 1 atom stereocenters. The van der Waals surface area contributed by atoms with Crippen LogP contribution in [0.4, 0.5) is 10.1 Å². The van der Waals surface area contributed by atoms with Crippen LogP contribution in [-0.4, -0.2) is 38.2 Å². The second kappa shape index (κ2) is 6.02. The number of rotatable bonds is 3. The Kier molecular flexibility index (Phi) is 4.37. The van der Waals surface area contributed by atoms with Crippen molar-refractivity contribution >= 4 is 11.6 Å². The van der Waals surface area contributed by atoms with E-state index in [4.69, 9.17) is 4.84 Å². The Hall–Kier alpha value is -1.62. The van der Waals surface area contributed by atoms with Crippen molar-refractivity contribution in [2.24, 2.45) is 5.92 Å². The van der Waals surface area contributed by atoms with E-state index in [9.17, 15) is 9.18 Å². The van der Waals surface area contributed by atoms with Gasteiger partial charge < -0.3 is 4.90 Å². The van der Waals surface area contributed by atoms with E-state index >= 15 is 0 Å². The molecule has 0 radical (unpaired) electrons. The molecule has 1 saturated heterocycles. The summed E-state index contributed by atoms with van der Waals surface area (Å²) in [4.78, 5) is 19.1. The molecule has 1 aromatic rings. The molecule has 1 aromatic carbocycles. The van der Waals surface area contributed by atoms with Gasteiger partial charge in [-0.05, 0) is 37.1 Å². The number of hydrogen-bond acceptors (Lipinski definition) is 3. The minimum Gasteiger partial charge on any atom is -0.371 e. The van der Waals surface area contributed by atoms with Crippen LogP contribution in [-0.2, 0) is 9.63 Å². The first-order valence-electron chi connectivity index (χ1n) is 6.44. The van der Waals surface area contributed by atoms with Crippen molar-refractivity contribution in [3.8, 4) is 0 Å². The Morgan fingerprint density at radius 3 is 2.74 bits per heavy atom. The molecule has 1 heterocycles. The van der Waals surface area contributed by atoms with E-state index in [0.717, 1.165) is 25.1 Å². The Bertz CT molecular complexity index is 436. The Labute approximate surface area is 112 Å². The van der Waals surface area contributed by atoms with Gasteiger partial charge in [-0.2, -0.15) is 0 Å². The molecule has 0 spiro atoms. The number of nitrogens with zero attached hydrogens (tertiary/aromatic N) is 2. The molecule has 0 aliphatic carbocycles. The number of carbonyl (C=O) groups is 1. The number of amides is 1. The first kappa shape index (κ1) is 13.8. The fraction of sp³-hybridized carbons (Fsp3) is 0.500. The van der Waals surface area contributed by atoms with Crippen molar-refractivity contribution in [2.75, 3.05) is 32.1 Å². The van der Waals surface area contributed by atoms with Gasteiger partial charge >= 0.3 is 0 Å². The molecule has 0 saturated carbocycles. The lowest BCUT2D eigenvalue weighted by molar-refractivity contribution is -0.173. The normalized spacial score (nSPS) is 19.3. The summed E-state index contributed by atoms with van der Waals surface area (Å²) in [6.45, 7) is 1.55. The van der Waals surface area contributed by atoms with Crippen molar-refractivity contribution in [2.45, 2.75) is 12.8 Å². The Balaban J connectivity index is 2.04. The second-order valence-corrected chi connectivity index (χ2v) is 4.78. The van der Waals surface area contributed by atoms with Crippen LogP contribution in [0.15, 0.2) is 24.3 Å². The van der Waals surface area contributed by atoms with Gasteiger partial charge in [0.15, 0.2) is 0 Å². The van der Waals surface area contributed by atoms with Gasteiger partial charge in [-0.3, -0.25) is 9.63 Å². The van der Waals surface area contributed by atoms with Gasteiger partial charge in [-0.25, -0.2) is 9.45 Å². The number of hydrogen-bond donors (Lipinski definition) is 0. The summed E-state index contributed by atoms with van der Waals surface area (Å²) >= 11 is 0. The SMILES string of the molecule is CON(C)C(=O)C1CCCN(c2ccc(F)cc2)C1. The minimum absolute atomic E-state index is 0.00527. The van der Waals surface area contributed by atoms with E-state index in [1.165, 1.54) is 24.3 Å². The largest absolute Gasteiger partial charge is 0.371 e. The highest BCUT2D eigenvalue weighted by Crippen LogP contribution is 2.24. The zero-order valence-electron chi connectivity index (χ0n) is 11.3. The summed E-state index contributed by atoms with van der Waals surface area (Å²) in [7, 11) is 3.11. The van der Waals surface area contributed by atoms with Crippen LogP contribution in [0.5, 0.6) is 0 Å². The summed E-state index contributed by atoms with van der Waals surface area (Å²) in [5.74, 6) is -0.314. The monoisotopic (exact) mass is 266 g/mol. The molecule has 5 heteroatoms. The zero-order valence-corrected chi connectivity index (χ0v) is 11.3. The van der Waals surface area contributed by atoms with E-state index in [-0.39, 0.29) is 17.6 Å². The first-order chi connectivity index (χ1) is 9.11. The molecule has 2 rings (SSSR count). The average Bonchev–Trinajstić information content (AvgIpc) is 2.46. The number of anilines is 1. The topological polar surface area (TPSA) is 32.8 Å². The van der Waals surface area contributed by atoms with Gasteiger partial charge in [-0.1, -0.05) is 0 Å². The lowest BCUT2D eigenvalue weighted by Gasteiger charge is -2.34. The predicted octanol–water partition coefficient (Wildman–Crippen LogP) is 2.06. The van der Waals surface area contributed by atoms with E-state index in [2.05, 4.69) is 4.90 Å². The molecule has 4 nitrogen and oxygen atoms in total. The number of benzene rings is 1. The van der Waals surface area contributed by atoms with E-state index in [0.29, 0.717) is 6.54 Å². The quantitative estimate of drug-likeness (QED) is 0.785. The first-order valence-corrected chi connectivity index (χ1v) is 6.44. The van der Waals surface area contributed by atoms with Crippen LogP contribution in [0.2, 0.25) is 0 Å². The summed E-state index contributed by atoms with van der Waals surface area (Å²) in [5, 5.41) is 1.28. The predicted molar refractivity (Wildman–Crippen MR) is 71.1 cm³/mol. The van der Waals surface area contributed by atoms with Crippen molar-refractivity contribution in [1.82, 2.24) is 5.06 Å². The molecular weight excluding hydrogens is 247 g/mol. The highest BCUT2D eigenvalue weighted by Gasteiger charge is 2.28. The lowest BCUT2D eigenvalue weighted by Crippen LogP contribution is -2.43. The summed E-state index contributed by atoms with van der Waals surface area (Å²) in [6.07, 6.45) is 1.82. The number of hydroxylamine groups is 2. The Morgan fingerprint density at radius 2 is 2.11 bits per heavy atom. The van der Waals surface area contributed by atoms with Gasteiger partial charge in [0.05, 0.1) is 13.0 Å². The molecule has 0 N–H and O–H groups in total. The van der Waals surface area contributed by atoms with Crippen LogP contribution in [0.25, 0.3) is 0 Å². The zero-order chi connectivity index (χ0) is 13.8. The molecule has 104 valence electrons. The maximum Gasteiger partial charge on any atom is 0.250 e. The van der Waals surface area contributed by atoms with Gasteiger partial charge in [0.25, 0.3) is 5.91 Å². The summed E-state index contributed by atoms with van der Waals surface area (Å²) < 4.78 is 12.9. The van der Waals surface area contributed by atoms with Crippen LogP contribution in [0.1, 0.15) is 12.8 Å². The molecule has 0 aromatic heterocycles. The molecule has 1 unspecified atom stereocenters. The van der Waals surface area contributed by atoms with Crippen molar-refractivity contribution in [3.05, 3.63) is 30.1 Å². The van der Waals surface area contributed by atoms with Gasteiger partial charge in [0.1, 0.15) is 5.82 Å². The minimum atomic E-state index is -0.243. The molecule has 1 amide bonds. The third-order valence-electron chi connectivity index (χ3n) is 3.55. The van der Waals surface area contributed by atoms with E-state index in [1.807, 2.05) is 0 Å². The summed E-state index contributed by atoms with van der Waals surface area (Å²) in [6, 6.07) is 6.40. The van der Waals surface area contributed by atoms with Crippen LogP contribution < -0.4 is 4.90 Å². The maximum atomic E-state index is 12.9. The number of piperidine rings is 1. The molecule has 1 aliphatic heterocycles. The smallest absolute Gasteiger partial charge is 0.250 e. The molecule has 1 fully saturated rings. The van der Waals surface area contributed by atoms with E-state index in [1.54, 1.807) is 19.2 Å². The average molecular weight is 266 g/mol. The van der Waals surface area contributed by atoms with Gasteiger partial charge in [0, 0.05) is 25.8 Å². The van der Waals surface area contributed by atoms with Crippen molar-refractivity contribution < 1.29 is 14.0 Å². The van der Waals surface area contributed by atoms with Crippen LogP contribution >= 0.6 is 0 Å². The van der Waals surface area contributed by atoms with Gasteiger partial charge in [-0.15, -0.1) is 0 Å². The highest BCUT2D eigenvalue weighted by atomic mass is 19.1. The Morgan fingerprint density at radius 1 is 1.42 bits per heavy atom. The fourth-order valence-electron chi connectivity index (χ4n) is 2.41. The van der Waals surface area contributed by atoms with Gasteiger partial charge in [0.2, 0.25) is 0 Å². The molecule has 19 heavy (non-hydrogen) atoms. The third-order valence-corrected chi connectivity index (χ3v) is 3.55. The standard InChI is InChI=1S/C14H19FN2O2/c1-16(19-2)14(18)11-4-3-9-17(10-11)13-7-5-12(15)6-8-13/h5-8,11H,3-4,9-10H2,1-2H3. The fourth-order valence-corrected chi connectivity index (χ4v) is 2.41. The van der Waals surface area contributed by atoms with Crippen LogP contribution in [0, 0.1) is 11.7 Å². The molecular formula is C14H19FN2O2. The van der Waals surface area contributed by atoms with Crippen molar-refractivity contribution in [3.63, 3.8) is 0 Å². The lowest BCUT2D eigenvalue weighted by atomic mass is 9.96. The number of halogens is 1. The van der Waals surface area contributed by atoms with Crippen LogP contribution in [0.3, 0.4) is 0 Å². The summed E-state index contributed by atoms with van der Waals surface area (Å²) in [5.41, 5.74) is 0.957. The second-order valence-electron chi connectivity index (χ2n) is 4.78.